The molecular formula is C26H23FN6O2. The van der Waals surface area contributed by atoms with E-state index in [1.54, 1.807) is 16.8 Å². The molecule has 1 amide bonds. The van der Waals surface area contributed by atoms with Crippen molar-refractivity contribution in [3.05, 3.63) is 95.6 Å². The summed E-state index contributed by atoms with van der Waals surface area (Å²) in [7, 11) is 0. The molecule has 2 aliphatic rings. The maximum Gasteiger partial charge on any atom is 0.234 e. The lowest BCUT2D eigenvalue weighted by Crippen LogP contribution is -2.50. The summed E-state index contributed by atoms with van der Waals surface area (Å²) >= 11 is 0. The Bertz CT molecular complexity index is 1320. The quantitative estimate of drug-likeness (QED) is 0.455. The number of piperazine rings is 1. The summed E-state index contributed by atoms with van der Waals surface area (Å²) in [5.74, 6) is 1.53. The van der Waals surface area contributed by atoms with Gasteiger partial charge in [0.1, 0.15) is 17.3 Å². The maximum atomic E-state index is 13.8. The summed E-state index contributed by atoms with van der Waals surface area (Å²) in [6.07, 6.45) is 0. The number of hydrogen-bond acceptors (Lipinski definition) is 6. The lowest BCUT2D eigenvalue weighted by atomic mass is 9.86. The molecule has 8 nitrogen and oxygen atoms in total. The zero-order chi connectivity index (χ0) is 23.8. The Hall–Kier alpha value is -4.11. The van der Waals surface area contributed by atoms with E-state index in [1.165, 1.54) is 12.1 Å². The van der Waals surface area contributed by atoms with Crippen LogP contribution in [0.15, 0.2) is 72.8 Å². The van der Waals surface area contributed by atoms with E-state index in [9.17, 15) is 9.18 Å². The molecule has 0 radical (unpaired) electrons. The van der Waals surface area contributed by atoms with E-state index in [2.05, 4.69) is 20.4 Å². The third-order valence-corrected chi connectivity index (χ3v) is 6.58. The molecule has 3 aromatic carbocycles. The second-order valence-corrected chi connectivity index (χ2v) is 8.70. The molecule has 0 aliphatic carbocycles. The van der Waals surface area contributed by atoms with Gasteiger partial charge in [0.2, 0.25) is 5.91 Å². The molecular weight excluding hydrogens is 447 g/mol. The molecule has 0 spiro atoms. The highest BCUT2D eigenvalue weighted by Crippen LogP contribution is 2.44. The molecule has 0 bridgehead atoms. The monoisotopic (exact) mass is 470 g/mol. The van der Waals surface area contributed by atoms with E-state index in [0.717, 1.165) is 22.6 Å². The fourth-order valence-corrected chi connectivity index (χ4v) is 4.77. The van der Waals surface area contributed by atoms with Gasteiger partial charge in [-0.3, -0.25) is 9.69 Å². The predicted octanol–water partition coefficient (Wildman–Crippen LogP) is 3.38. The molecule has 1 aromatic heterocycles. The van der Waals surface area contributed by atoms with Crippen LogP contribution in [-0.4, -0.2) is 62.1 Å². The van der Waals surface area contributed by atoms with Crippen molar-refractivity contribution in [1.82, 2.24) is 30.0 Å². The second-order valence-electron chi connectivity index (χ2n) is 8.70. The van der Waals surface area contributed by atoms with Crippen LogP contribution in [0.5, 0.6) is 11.5 Å². The molecule has 2 aliphatic heterocycles. The minimum Gasteiger partial charge on any atom is -0.457 e. The first-order valence-electron chi connectivity index (χ1n) is 11.6. The second kappa shape index (κ2) is 8.92. The Kier molecular flexibility index (Phi) is 5.46. The first-order chi connectivity index (χ1) is 17.2. The highest BCUT2D eigenvalue weighted by Gasteiger charge is 2.36. The molecule has 0 N–H and O–H groups in total. The standard InChI is InChI=1S/C26H23FN6O2/c27-18-9-11-19(12-10-18)33-24(28-29-30-33)17-31-13-15-32(16-14-31)26(34)25-20-5-1-3-7-22(20)35-23-8-4-2-6-21(23)25/h1-12,25H,13-17H2. The average Bonchev–Trinajstić information content (AvgIpc) is 3.36. The number of benzene rings is 3. The van der Waals surface area contributed by atoms with Crippen LogP contribution in [0.4, 0.5) is 4.39 Å². The number of carbonyl (C=O) groups is 1. The van der Waals surface area contributed by atoms with Crippen molar-refractivity contribution in [1.29, 1.82) is 0 Å². The number of fused-ring (bicyclic) bond motifs is 2. The topological polar surface area (TPSA) is 76.4 Å². The first kappa shape index (κ1) is 21.4. The number of tetrazole rings is 1. The van der Waals surface area contributed by atoms with E-state index >= 15 is 0 Å². The van der Waals surface area contributed by atoms with Gasteiger partial charge in [0, 0.05) is 37.3 Å². The van der Waals surface area contributed by atoms with Crippen LogP contribution in [0.1, 0.15) is 22.9 Å². The molecule has 1 fully saturated rings. The summed E-state index contributed by atoms with van der Waals surface area (Å²) in [6.45, 7) is 3.16. The number of hydrogen-bond donors (Lipinski definition) is 0. The van der Waals surface area contributed by atoms with E-state index in [-0.39, 0.29) is 17.6 Å². The molecule has 0 saturated carbocycles. The fourth-order valence-electron chi connectivity index (χ4n) is 4.77. The molecule has 1 saturated heterocycles. The van der Waals surface area contributed by atoms with Crippen LogP contribution in [-0.2, 0) is 11.3 Å². The molecule has 0 unspecified atom stereocenters. The number of nitrogens with zero attached hydrogens (tertiary/aromatic N) is 6. The smallest absolute Gasteiger partial charge is 0.234 e. The zero-order valence-electron chi connectivity index (χ0n) is 18.9. The fraction of sp³-hybridized carbons (Fsp3) is 0.231. The summed E-state index contributed by atoms with van der Waals surface area (Å²) in [6, 6.07) is 21.6. The summed E-state index contributed by atoms with van der Waals surface area (Å²) in [4.78, 5) is 17.9. The van der Waals surface area contributed by atoms with Crippen LogP contribution in [0.2, 0.25) is 0 Å². The van der Waals surface area contributed by atoms with Crippen molar-refractivity contribution < 1.29 is 13.9 Å². The minimum absolute atomic E-state index is 0.0870. The maximum absolute atomic E-state index is 13.8. The van der Waals surface area contributed by atoms with Gasteiger partial charge < -0.3 is 9.64 Å². The number of rotatable bonds is 4. The Balaban J connectivity index is 1.16. The highest BCUT2D eigenvalue weighted by molar-refractivity contribution is 5.89. The summed E-state index contributed by atoms with van der Waals surface area (Å²) < 4.78 is 21.0. The van der Waals surface area contributed by atoms with Gasteiger partial charge in [0.05, 0.1) is 18.2 Å². The van der Waals surface area contributed by atoms with Crippen molar-refractivity contribution >= 4 is 5.91 Å². The molecule has 0 atom stereocenters. The lowest BCUT2D eigenvalue weighted by molar-refractivity contribution is -0.133. The third-order valence-electron chi connectivity index (χ3n) is 6.58. The Morgan fingerprint density at radius 2 is 1.51 bits per heavy atom. The largest absolute Gasteiger partial charge is 0.457 e. The van der Waals surface area contributed by atoms with Crippen molar-refractivity contribution in [2.24, 2.45) is 0 Å². The average molecular weight is 471 g/mol. The van der Waals surface area contributed by atoms with Gasteiger partial charge in [0.25, 0.3) is 0 Å². The molecule has 3 heterocycles. The predicted molar refractivity (Wildman–Crippen MR) is 126 cm³/mol. The van der Waals surface area contributed by atoms with E-state index in [0.29, 0.717) is 44.2 Å². The Morgan fingerprint density at radius 1 is 0.886 bits per heavy atom. The number of halogens is 1. The van der Waals surface area contributed by atoms with Gasteiger partial charge in [-0.05, 0) is 46.8 Å². The van der Waals surface area contributed by atoms with Gasteiger partial charge in [0.15, 0.2) is 5.82 Å². The highest BCUT2D eigenvalue weighted by atomic mass is 19.1. The van der Waals surface area contributed by atoms with Gasteiger partial charge in [-0.15, -0.1) is 5.10 Å². The molecule has 35 heavy (non-hydrogen) atoms. The van der Waals surface area contributed by atoms with E-state index in [1.807, 2.05) is 53.4 Å². The van der Waals surface area contributed by atoms with Crippen LogP contribution in [0.25, 0.3) is 5.69 Å². The molecule has 6 rings (SSSR count). The van der Waals surface area contributed by atoms with Gasteiger partial charge >= 0.3 is 0 Å². The Labute approximate surface area is 201 Å². The number of amides is 1. The number of carbonyl (C=O) groups excluding carboxylic acids is 1. The van der Waals surface area contributed by atoms with E-state index < -0.39 is 0 Å². The molecule has 4 aromatic rings. The van der Waals surface area contributed by atoms with Crippen molar-refractivity contribution in [2.75, 3.05) is 26.2 Å². The lowest BCUT2D eigenvalue weighted by Gasteiger charge is -2.37. The molecule has 176 valence electrons. The van der Waals surface area contributed by atoms with Crippen LogP contribution < -0.4 is 4.74 Å². The number of aromatic nitrogens is 4. The van der Waals surface area contributed by atoms with Crippen LogP contribution >= 0.6 is 0 Å². The first-order valence-corrected chi connectivity index (χ1v) is 11.6. The van der Waals surface area contributed by atoms with Crippen LogP contribution in [0, 0.1) is 5.82 Å². The van der Waals surface area contributed by atoms with E-state index in [4.69, 9.17) is 4.74 Å². The Morgan fingerprint density at radius 3 is 2.17 bits per heavy atom. The minimum atomic E-state index is -0.381. The number of ether oxygens (including phenoxy) is 1. The van der Waals surface area contributed by atoms with Crippen molar-refractivity contribution in [3.8, 4) is 17.2 Å². The van der Waals surface area contributed by atoms with Crippen molar-refractivity contribution in [2.45, 2.75) is 12.5 Å². The van der Waals surface area contributed by atoms with Gasteiger partial charge in [-0.1, -0.05) is 36.4 Å². The normalized spacial score (nSPS) is 15.9. The summed E-state index contributed by atoms with van der Waals surface area (Å²) in [5, 5.41) is 12.0. The summed E-state index contributed by atoms with van der Waals surface area (Å²) in [5.41, 5.74) is 2.51. The van der Waals surface area contributed by atoms with Crippen molar-refractivity contribution in [3.63, 3.8) is 0 Å². The zero-order valence-corrected chi connectivity index (χ0v) is 18.9. The SMILES string of the molecule is O=C(C1c2ccccc2Oc2ccccc21)N1CCN(Cc2nnnn2-c2ccc(F)cc2)CC1. The number of para-hydroxylation sites is 2. The van der Waals surface area contributed by atoms with Gasteiger partial charge in [-0.2, -0.15) is 4.68 Å². The van der Waals surface area contributed by atoms with Gasteiger partial charge in [-0.25, -0.2) is 4.39 Å². The third kappa shape index (κ3) is 4.04. The van der Waals surface area contributed by atoms with Crippen LogP contribution in [0.3, 0.4) is 0 Å². The molecule has 9 heteroatoms.